The van der Waals surface area contributed by atoms with Crippen molar-refractivity contribution < 1.29 is 39.5 Å². The number of H-pyrrole nitrogens is 8. The summed E-state index contributed by atoms with van der Waals surface area (Å²) in [5.74, 6) is 0. The first-order valence-corrected chi connectivity index (χ1v) is 48.5. The smallest absolute Gasteiger partial charge is 0.362 e. The summed E-state index contributed by atoms with van der Waals surface area (Å²) >= 11 is 0. The number of aromatic amines is 8. The second-order valence-electron chi connectivity index (χ2n) is 35.9. The quantitative estimate of drug-likeness (QED) is 0.0148. The lowest BCUT2D eigenvalue weighted by atomic mass is 10.0. The highest BCUT2D eigenvalue weighted by molar-refractivity contribution is 5.92. The number of hydrogen-bond donors (Lipinski definition) is 8. The summed E-state index contributed by atoms with van der Waals surface area (Å²) in [5, 5.41) is 26.1. The number of aromatic nitrogens is 8. The SMILES string of the molecule is CCN(C)CCc1c(C#N)[nH]c2ccccc12.CCN(C)CCc1c(C(F)(F)F)[nH]c2ccccc12.CCN(C)CCc1c[nH]c2c(C#N)cccc12.CCN(C)CCc1c[nH]c2c(C(F)(F)F)cccc12.CCN(C)CCc1c[nH]c2cc(C)ccc12.CCN(C)CCc1c[nH]c2ccc(C)cc12.CCN(C)CCc1c[nH]c2cccc(C(F)(F)F)c12.[C-]#[N+]c1ccc2c(CCN(C)CC)c[nH]c2c1. The molecule has 0 aliphatic rings. The maximum atomic E-state index is 13.0. The van der Waals surface area contributed by atoms with Gasteiger partial charge in [0.15, 0.2) is 5.69 Å². The molecule has 0 unspecified atom stereocenters. The third-order valence-corrected chi connectivity index (χ3v) is 26.3. The average molecular weight is 1930 g/mol. The van der Waals surface area contributed by atoms with Gasteiger partial charge in [-0.25, -0.2) is 4.85 Å². The molecule has 16 rings (SSSR count). The molecule has 8 aromatic carbocycles. The van der Waals surface area contributed by atoms with Crippen molar-refractivity contribution in [2.45, 2.75) is 139 Å². The Morgan fingerprint density at radius 2 is 0.664 bits per heavy atom. The van der Waals surface area contributed by atoms with E-state index in [4.69, 9.17) is 17.1 Å². The maximum absolute atomic E-state index is 13.0. The summed E-state index contributed by atoms with van der Waals surface area (Å²) in [6.45, 7) is 43.7. The molecule has 140 heavy (non-hydrogen) atoms. The molecule has 8 aromatic heterocycles. The van der Waals surface area contributed by atoms with E-state index in [9.17, 15) is 39.5 Å². The van der Waals surface area contributed by atoms with E-state index in [2.05, 4.69) is 249 Å². The van der Waals surface area contributed by atoms with E-state index in [0.29, 0.717) is 63.5 Å². The van der Waals surface area contributed by atoms with Gasteiger partial charge in [-0.15, -0.1) is 0 Å². The van der Waals surface area contributed by atoms with Gasteiger partial charge in [0.1, 0.15) is 23.5 Å². The molecule has 0 saturated heterocycles. The Morgan fingerprint density at radius 1 is 0.307 bits per heavy atom. The molecule has 8 N–H and O–H groups in total. The molecule has 0 aliphatic heterocycles. The third-order valence-electron chi connectivity index (χ3n) is 26.3. The topological polar surface area (TPSA) is 204 Å². The Labute approximate surface area is 819 Å². The molecule has 28 heteroatoms. The van der Waals surface area contributed by atoms with Crippen LogP contribution in [0, 0.1) is 43.1 Å². The number of benzene rings is 8. The standard InChI is InChI=1S/3C14H17F3N2.3C14H17N3.2C14H20N2/c1-3-19(2)8-7-10-9-18-12-6-4-5-11(13(10)12)14(15,16)17;1-3-19(2)8-7-10-9-18-13-11(10)5-4-6-12(13)14(15,16)17;1-3-19(2)9-8-11-10-6-4-5-7-12(10)18-13(11)14(15,16)17;1-4-17(3)8-7-11-10-16-14-9-12(15-2)5-6-13(11)14;1-3-17(2)8-7-12-10-16-14-11(9-15)5-4-6-13(12)14;1-3-17(2)9-8-12-11-6-4-5-7-13(11)16-14(12)10-15;1-4-16(3)8-7-12-10-15-14-6-5-11(2)9-13(12)14;1-4-16(3)8-7-12-10-15-14-9-11(2)5-6-13(12)14/h2*4-6,9,18H,3,7-8H2,1-2H3;4-7,18H,3,8-9H2,1-2H3;5-6,9-10,16H,4,7-8H2,1,3H3;4-6,10,16H,3,7-8H2,1-2H3;4-7,16H,3,8-9H2,1-2H3;2*5-6,9-10,15H,4,7-8H2,1-3H3. The van der Waals surface area contributed by atoms with E-state index >= 15 is 0 Å². The van der Waals surface area contributed by atoms with Crippen molar-refractivity contribution in [3.8, 4) is 12.1 Å². The summed E-state index contributed by atoms with van der Waals surface area (Å²) < 4.78 is 117. The van der Waals surface area contributed by atoms with Gasteiger partial charge in [0, 0.05) is 166 Å². The lowest BCUT2D eigenvalue weighted by Gasteiger charge is -2.14. The highest BCUT2D eigenvalue weighted by Gasteiger charge is 2.37. The van der Waals surface area contributed by atoms with Crippen LogP contribution in [0.2, 0.25) is 0 Å². The van der Waals surface area contributed by atoms with Gasteiger partial charge in [-0.1, -0.05) is 158 Å². The fraction of sp³-hybridized carbons (Fsp3) is 0.402. The van der Waals surface area contributed by atoms with Gasteiger partial charge < -0.3 is 79.1 Å². The van der Waals surface area contributed by atoms with Crippen molar-refractivity contribution in [3.63, 3.8) is 0 Å². The van der Waals surface area contributed by atoms with E-state index in [-0.39, 0.29) is 5.52 Å². The highest BCUT2D eigenvalue weighted by atomic mass is 19.4. The minimum Gasteiger partial charge on any atom is -0.362 e. The zero-order chi connectivity index (χ0) is 102. The van der Waals surface area contributed by atoms with Crippen molar-refractivity contribution >= 4 is 92.9 Å². The van der Waals surface area contributed by atoms with Crippen LogP contribution in [-0.4, -0.2) is 240 Å². The maximum Gasteiger partial charge on any atom is 0.431 e. The lowest BCUT2D eigenvalue weighted by molar-refractivity contribution is -0.141. The van der Waals surface area contributed by atoms with Crippen molar-refractivity contribution in [2.75, 3.05) is 161 Å². The summed E-state index contributed by atoms with van der Waals surface area (Å²) in [5.41, 5.74) is 18.5. The number of aryl methyl sites for hydroxylation is 2. The van der Waals surface area contributed by atoms with Gasteiger partial charge >= 0.3 is 18.5 Å². The van der Waals surface area contributed by atoms with Gasteiger partial charge in [0.25, 0.3) is 0 Å². The second-order valence-corrected chi connectivity index (χ2v) is 35.9. The largest absolute Gasteiger partial charge is 0.431 e. The molecule has 0 fully saturated rings. The second kappa shape index (κ2) is 53.8. The fourth-order valence-corrected chi connectivity index (χ4v) is 16.3. The Hall–Kier alpha value is -12.4. The minimum atomic E-state index is -4.33. The number of nitrogens with zero attached hydrogens (tertiary/aromatic N) is 11. The van der Waals surface area contributed by atoms with E-state index < -0.39 is 35.3 Å². The van der Waals surface area contributed by atoms with Crippen LogP contribution in [0.4, 0.5) is 45.2 Å². The predicted octanol–water partition coefficient (Wildman–Crippen LogP) is 25.3. The lowest BCUT2D eigenvalue weighted by Crippen LogP contribution is -2.21. The summed E-state index contributed by atoms with van der Waals surface area (Å²) in [6.07, 6.45) is 5.73. The molecule has 0 radical (unpaired) electrons. The molecule has 16 aromatic rings. The molecule has 0 atom stereocenters. The molecule has 0 spiro atoms. The van der Waals surface area contributed by atoms with Crippen molar-refractivity contribution in [3.05, 3.63) is 290 Å². The number of nitrogens with one attached hydrogen (secondary N) is 8. The van der Waals surface area contributed by atoms with E-state index in [1.54, 1.807) is 48.8 Å². The Morgan fingerprint density at radius 3 is 1.14 bits per heavy atom. The predicted molar refractivity (Wildman–Crippen MR) is 562 cm³/mol. The van der Waals surface area contributed by atoms with Crippen molar-refractivity contribution in [1.82, 2.24) is 79.1 Å². The highest BCUT2D eigenvalue weighted by Crippen LogP contribution is 2.40. The molecule has 748 valence electrons. The molecular formula is C112H142F9N19. The summed E-state index contributed by atoms with van der Waals surface area (Å²) in [4.78, 5) is 45.7. The van der Waals surface area contributed by atoms with Gasteiger partial charge in [-0.05, 0) is 285 Å². The fourth-order valence-electron chi connectivity index (χ4n) is 16.3. The Balaban J connectivity index is 0.000000179. The molecule has 0 bridgehead atoms. The Kier molecular flexibility index (Phi) is 42.8. The molecular weight excluding hydrogens is 1780 g/mol. The van der Waals surface area contributed by atoms with Crippen LogP contribution >= 0.6 is 0 Å². The van der Waals surface area contributed by atoms with Crippen LogP contribution in [0.3, 0.4) is 0 Å². The van der Waals surface area contributed by atoms with Gasteiger partial charge in [-0.2, -0.15) is 50.0 Å². The van der Waals surface area contributed by atoms with Crippen molar-refractivity contribution in [1.29, 1.82) is 10.5 Å². The number of alkyl halides is 9. The summed E-state index contributed by atoms with van der Waals surface area (Å²) in [6, 6.07) is 53.0. The number of halogens is 9. The zero-order valence-corrected chi connectivity index (χ0v) is 84.8. The number of hydrogen-bond acceptors (Lipinski definition) is 10. The van der Waals surface area contributed by atoms with Crippen LogP contribution in [0.25, 0.3) is 92.1 Å². The van der Waals surface area contributed by atoms with Crippen LogP contribution < -0.4 is 0 Å². The number of nitriles is 2. The first-order valence-electron chi connectivity index (χ1n) is 48.5. The van der Waals surface area contributed by atoms with Gasteiger partial charge in [-0.3, -0.25) is 0 Å². The number of para-hydroxylation sites is 4. The van der Waals surface area contributed by atoms with Crippen LogP contribution in [-0.2, 0) is 69.9 Å². The van der Waals surface area contributed by atoms with Crippen LogP contribution in [0.1, 0.15) is 139 Å². The first kappa shape index (κ1) is 111. The van der Waals surface area contributed by atoms with Crippen molar-refractivity contribution in [2.24, 2.45) is 0 Å². The molecule has 0 aliphatic carbocycles. The monoisotopic (exact) mass is 1920 g/mol. The molecule has 0 saturated carbocycles. The number of likely N-dealkylation sites (N-methyl/N-ethyl adjacent to an activating group) is 8. The molecule has 8 heterocycles. The van der Waals surface area contributed by atoms with E-state index in [1.165, 1.54) is 83.5 Å². The van der Waals surface area contributed by atoms with Crippen LogP contribution in [0.15, 0.2) is 195 Å². The Bertz CT molecular complexity index is 6640. The van der Waals surface area contributed by atoms with Gasteiger partial charge in [0.05, 0.1) is 34.3 Å². The average Bonchev–Trinajstić information content (AvgIpc) is 1.62. The molecule has 0 amide bonds. The minimum absolute atomic E-state index is 0.184. The van der Waals surface area contributed by atoms with E-state index in [1.807, 2.05) is 94.6 Å². The van der Waals surface area contributed by atoms with E-state index in [0.717, 1.165) is 188 Å². The number of rotatable bonds is 32. The third kappa shape index (κ3) is 31.6. The molecule has 19 nitrogen and oxygen atoms in total. The normalized spacial score (nSPS) is 11.7. The zero-order valence-electron chi connectivity index (χ0n) is 84.8. The van der Waals surface area contributed by atoms with Crippen LogP contribution in [0.5, 0.6) is 0 Å². The van der Waals surface area contributed by atoms with Gasteiger partial charge in [0.2, 0.25) is 0 Å². The first-order chi connectivity index (χ1) is 67.0. The number of fused-ring (bicyclic) bond motifs is 8. The summed E-state index contributed by atoms with van der Waals surface area (Å²) in [7, 11) is 16.5.